The minimum absolute atomic E-state index is 0.0258. The molecule has 7 heteroatoms. The lowest BCUT2D eigenvalue weighted by molar-refractivity contribution is 0.0944. The standard InChI is InChI=1S/C14H21N3O3S/c1-8(2)11(18)12-10(15)9(13(19)16-3)14(21-12)17-4-6-20-7-5-17/h8H,4-7,15H2,1-3H3,(H,16,19). The molecule has 1 aromatic rings. The van der Waals surface area contributed by atoms with Crippen molar-refractivity contribution in [2.45, 2.75) is 13.8 Å². The van der Waals surface area contributed by atoms with Crippen LogP contribution in [0.15, 0.2) is 0 Å². The number of carbonyl (C=O) groups is 2. The second-order valence-electron chi connectivity index (χ2n) is 5.22. The number of ketones is 1. The van der Waals surface area contributed by atoms with Crippen molar-refractivity contribution in [2.75, 3.05) is 44.0 Å². The molecule has 0 aromatic carbocycles. The van der Waals surface area contributed by atoms with Crippen molar-refractivity contribution in [1.82, 2.24) is 5.32 Å². The van der Waals surface area contributed by atoms with E-state index in [9.17, 15) is 9.59 Å². The van der Waals surface area contributed by atoms with Crippen molar-refractivity contribution < 1.29 is 14.3 Å². The average Bonchev–Trinajstić information content (AvgIpc) is 2.84. The van der Waals surface area contributed by atoms with Gasteiger partial charge in [-0.1, -0.05) is 13.8 Å². The van der Waals surface area contributed by atoms with E-state index in [2.05, 4.69) is 10.2 Å². The second kappa shape index (κ2) is 6.44. The molecule has 0 bridgehead atoms. The molecule has 1 saturated heterocycles. The number of nitrogens with two attached hydrogens (primary N) is 1. The van der Waals surface area contributed by atoms with E-state index >= 15 is 0 Å². The number of thiophene rings is 1. The molecule has 0 spiro atoms. The number of nitrogens with one attached hydrogen (secondary N) is 1. The number of Topliss-reactive ketones (excluding diaryl/α,β-unsaturated/α-hetero) is 1. The Bertz CT molecular complexity index is 548. The van der Waals surface area contributed by atoms with Crippen LogP contribution in [-0.4, -0.2) is 45.0 Å². The Hall–Kier alpha value is -1.60. The molecule has 6 nitrogen and oxygen atoms in total. The third kappa shape index (κ3) is 3.03. The first-order chi connectivity index (χ1) is 9.97. The van der Waals surface area contributed by atoms with E-state index in [1.165, 1.54) is 11.3 Å². The largest absolute Gasteiger partial charge is 0.397 e. The van der Waals surface area contributed by atoms with Gasteiger partial charge >= 0.3 is 0 Å². The first-order valence-electron chi connectivity index (χ1n) is 6.98. The molecule has 21 heavy (non-hydrogen) atoms. The highest BCUT2D eigenvalue weighted by Gasteiger charge is 2.29. The minimum Gasteiger partial charge on any atom is -0.397 e. The van der Waals surface area contributed by atoms with Crippen molar-refractivity contribution in [2.24, 2.45) is 5.92 Å². The quantitative estimate of drug-likeness (QED) is 0.820. The normalized spacial score (nSPS) is 15.3. The number of ether oxygens (including phenoxy) is 1. The van der Waals surface area contributed by atoms with Gasteiger partial charge in [-0.2, -0.15) is 0 Å². The van der Waals surface area contributed by atoms with Crippen molar-refractivity contribution >= 4 is 33.7 Å². The molecule has 1 aliphatic heterocycles. The highest BCUT2D eigenvalue weighted by atomic mass is 32.1. The summed E-state index contributed by atoms with van der Waals surface area (Å²) in [6.07, 6.45) is 0. The Morgan fingerprint density at radius 1 is 1.33 bits per heavy atom. The van der Waals surface area contributed by atoms with E-state index in [1.807, 2.05) is 13.8 Å². The third-order valence-corrected chi connectivity index (χ3v) is 4.71. The van der Waals surface area contributed by atoms with Gasteiger partial charge in [-0.3, -0.25) is 9.59 Å². The van der Waals surface area contributed by atoms with Gasteiger partial charge in [0.1, 0.15) is 5.00 Å². The molecule has 0 atom stereocenters. The van der Waals surface area contributed by atoms with Gasteiger partial charge in [0.05, 0.1) is 29.3 Å². The Balaban J connectivity index is 2.49. The monoisotopic (exact) mass is 311 g/mol. The zero-order valence-electron chi connectivity index (χ0n) is 12.6. The molecule has 1 amide bonds. The van der Waals surface area contributed by atoms with Gasteiger partial charge in [-0.25, -0.2) is 0 Å². The van der Waals surface area contributed by atoms with E-state index < -0.39 is 0 Å². The number of rotatable bonds is 4. The van der Waals surface area contributed by atoms with Crippen LogP contribution in [-0.2, 0) is 4.74 Å². The molecule has 1 aliphatic rings. The smallest absolute Gasteiger partial charge is 0.256 e. The number of carbonyl (C=O) groups excluding carboxylic acids is 2. The van der Waals surface area contributed by atoms with Crippen LogP contribution < -0.4 is 16.0 Å². The Kier molecular flexibility index (Phi) is 4.84. The summed E-state index contributed by atoms with van der Waals surface area (Å²) >= 11 is 1.31. The first kappa shape index (κ1) is 15.8. The topological polar surface area (TPSA) is 84.7 Å². The summed E-state index contributed by atoms with van der Waals surface area (Å²) in [5.74, 6) is -0.434. The van der Waals surface area contributed by atoms with Gasteiger partial charge in [0.15, 0.2) is 5.78 Å². The molecule has 0 radical (unpaired) electrons. The lowest BCUT2D eigenvalue weighted by atomic mass is 10.1. The van der Waals surface area contributed by atoms with Crippen molar-refractivity contribution in [3.63, 3.8) is 0 Å². The van der Waals surface area contributed by atoms with Gasteiger partial charge in [0.25, 0.3) is 5.91 Å². The second-order valence-corrected chi connectivity index (χ2v) is 6.22. The molecule has 116 valence electrons. The highest BCUT2D eigenvalue weighted by Crippen LogP contribution is 2.39. The summed E-state index contributed by atoms with van der Waals surface area (Å²) in [5.41, 5.74) is 6.80. The maximum absolute atomic E-state index is 12.3. The van der Waals surface area contributed by atoms with E-state index in [-0.39, 0.29) is 17.6 Å². The summed E-state index contributed by atoms with van der Waals surface area (Å²) in [7, 11) is 1.56. The fourth-order valence-corrected chi connectivity index (χ4v) is 3.57. The number of morpholine rings is 1. The lowest BCUT2D eigenvalue weighted by Gasteiger charge is -2.28. The fraction of sp³-hybridized carbons (Fsp3) is 0.571. The molecular formula is C14H21N3O3S. The molecule has 2 heterocycles. The number of nitrogens with zero attached hydrogens (tertiary/aromatic N) is 1. The first-order valence-corrected chi connectivity index (χ1v) is 7.80. The average molecular weight is 311 g/mol. The number of nitrogen functional groups attached to an aromatic ring is 1. The molecule has 0 aliphatic carbocycles. The third-order valence-electron chi connectivity index (χ3n) is 3.43. The van der Waals surface area contributed by atoms with Crippen molar-refractivity contribution in [3.05, 3.63) is 10.4 Å². The summed E-state index contributed by atoms with van der Waals surface area (Å²) in [6.45, 7) is 6.26. The Morgan fingerprint density at radius 2 is 1.95 bits per heavy atom. The Labute approximate surface area is 128 Å². The summed E-state index contributed by atoms with van der Waals surface area (Å²) in [5, 5.41) is 3.36. The van der Waals surface area contributed by atoms with E-state index in [0.29, 0.717) is 42.4 Å². The van der Waals surface area contributed by atoms with Crippen LogP contribution in [0.2, 0.25) is 0 Å². The zero-order chi connectivity index (χ0) is 15.6. The fourth-order valence-electron chi connectivity index (χ4n) is 2.21. The highest BCUT2D eigenvalue weighted by molar-refractivity contribution is 7.19. The van der Waals surface area contributed by atoms with Crippen LogP contribution in [0.3, 0.4) is 0 Å². The van der Waals surface area contributed by atoms with Crippen molar-refractivity contribution in [3.8, 4) is 0 Å². The molecule has 3 N–H and O–H groups in total. The molecule has 2 rings (SSSR count). The number of hydrogen-bond acceptors (Lipinski definition) is 6. The number of hydrogen-bond donors (Lipinski definition) is 2. The predicted molar refractivity (Wildman–Crippen MR) is 84.3 cm³/mol. The van der Waals surface area contributed by atoms with Crippen LogP contribution in [0.25, 0.3) is 0 Å². The maximum Gasteiger partial charge on any atom is 0.256 e. The van der Waals surface area contributed by atoms with Gasteiger partial charge < -0.3 is 20.7 Å². The lowest BCUT2D eigenvalue weighted by Crippen LogP contribution is -2.37. The van der Waals surface area contributed by atoms with Crippen LogP contribution in [0.4, 0.5) is 10.7 Å². The van der Waals surface area contributed by atoms with Gasteiger partial charge in [0, 0.05) is 26.1 Å². The molecular weight excluding hydrogens is 290 g/mol. The van der Waals surface area contributed by atoms with Crippen LogP contribution in [0, 0.1) is 5.92 Å². The van der Waals surface area contributed by atoms with Crippen LogP contribution >= 0.6 is 11.3 Å². The molecule has 0 unspecified atom stereocenters. The summed E-state index contributed by atoms with van der Waals surface area (Å²) in [6, 6.07) is 0. The van der Waals surface area contributed by atoms with E-state index in [4.69, 9.17) is 10.5 Å². The number of amides is 1. The summed E-state index contributed by atoms with van der Waals surface area (Å²) in [4.78, 5) is 27.0. The SMILES string of the molecule is CNC(=O)c1c(N2CCOCC2)sc(C(=O)C(C)C)c1N. The van der Waals surface area contributed by atoms with E-state index in [0.717, 1.165) is 5.00 Å². The summed E-state index contributed by atoms with van der Waals surface area (Å²) < 4.78 is 5.33. The van der Waals surface area contributed by atoms with Gasteiger partial charge in [0.2, 0.25) is 0 Å². The number of anilines is 2. The molecule has 1 fully saturated rings. The Morgan fingerprint density at radius 3 is 2.48 bits per heavy atom. The van der Waals surface area contributed by atoms with Crippen LogP contribution in [0.5, 0.6) is 0 Å². The molecule has 0 saturated carbocycles. The predicted octanol–water partition coefficient (Wildman–Crippen LogP) is 1.37. The zero-order valence-corrected chi connectivity index (χ0v) is 13.4. The van der Waals surface area contributed by atoms with Gasteiger partial charge in [-0.05, 0) is 0 Å². The maximum atomic E-state index is 12.3. The van der Waals surface area contributed by atoms with E-state index in [1.54, 1.807) is 7.05 Å². The van der Waals surface area contributed by atoms with Crippen LogP contribution in [0.1, 0.15) is 33.9 Å². The van der Waals surface area contributed by atoms with Crippen molar-refractivity contribution in [1.29, 1.82) is 0 Å². The van der Waals surface area contributed by atoms with Gasteiger partial charge in [-0.15, -0.1) is 11.3 Å². The minimum atomic E-state index is -0.256. The molecule has 1 aromatic heterocycles.